The average Bonchev–Trinajstić information content (AvgIpc) is 3.44. The number of carbonyl (C=O) groups is 4. The zero-order valence-electron chi connectivity index (χ0n) is 22.4. The molecule has 2 heterocycles. The number of likely N-dealkylation sites (tertiary alicyclic amines) is 2. The summed E-state index contributed by atoms with van der Waals surface area (Å²) < 4.78 is 57.5. The van der Waals surface area contributed by atoms with E-state index in [0.29, 0.717) is 20.9 Å². The number of phenolic OH excluding ortho intramolecular Hbond substituents is 1. The molecule has 42 heavy (non-hydrogen) atoms. The molecule has 0 aromatic heterocycles. The Balaban J connectivity index is 1.56. The molecule has 6 N–H and O–H groups in total. The fraction of sp³-hybridized carbons (Fsp3) is 0.429. The quantitative estimate of drug-likeness (QED) is 0.317. The van der Waals surface area contributed by atoms with E-state index < -0.39 is 85.6 Å². The van der Waals surface area contributed by atoms with Crippen molar-refractivity contribution in [1.82, 2.24) is 15.1 Å². The van der Waals surface area contributed by atoms with Crippen LogP contribution in [0, 0.1) is 0 Å². The number of nitrogens with two attached hydrogens (primary N) is 2. The second-order valence-corrected chi connectivity index (χ2v) is 10.7. The van der Waals surface area contributed by atoms with Crippen LogP contribution < -0.4 is 16.8 Å². The van der Waals surface area contributed by atoms with Crippen LogP contribution in [0.15, 0.2) is 54.6 Å². The topological polar surface area (TPSA) is 159 Å². The lowest BCUT2D eigenvalue weighted by Crippen LogP contribution is -2.57. The van der Waals surface area contributed by atoms with E-state index in [1.165, 1.54) is 24.3 Å². The number of primary amides is 1. The number of phenols is 1. The highest BCUT2D eigenvalue weighted by Gasteiger charge is 2.53. The van der Waals surface area contributed by atoms with Crippen molar-refractivity contribution in [3.8, 4) is 5.75 Å². The second-order valence-electron chi connectivity index (χ2n) is 10.7. The number of hydrogen-bond acceptors (Lipinski definition) is 6. The van der Waals surface area contributed by atoms with Gasteiger partial charge in [-0.25, -0.2) is 17.6 Å². The van der Waals surface area contributed by atoms with E-state index in [0.717, 1.165) is 0 Å². The van der Waals surface area contributed by atoms with E-state index in [4.69, 9.17) is 11.5 Å². The van der Waals surface area contributed by atoms with E-state index in [1.807, 2.05) is 0 Å². The van der Waals surface area contributed by atoms with Gasteiger partial charge in [-0.3, -0.25) is 19.2 Å². The number of alkyl halides is 4. The number of benzene rings is 2. The molecule has 2 aromatic rings. The number of aromatic hydroxyl groups is 1. The third kappa shape index (κ3) is 7.16. The minimum atomic E-state index is -3.44. The first kappa shape index (κ1) is 30.8. The lowest BCUT2D eigenvalue weighted by Gasteiger charge is -2.30. The Morgan fingerprint density at radius 2 is 1.36 bits per heavy atom. The zero-order valence-corrected chi connectivity index (χ0v) is 22.4. The van der Waals surface area contributed by atoms with Crippen molar-refractivity contribution < 1.29 is 41.8 Å². The molecule has 2 saturated heterocycles. The molecule has 0 unspecified atom stereocenters. The van der Waals surface area contributed by atoms with Gasteiger partial charge < -0.3 is 31.7 Å². The van der Waals surface area contributed by atoms with Crippen LogP contribution in [0.5, 0.6) is 5.75 Å². The van der Waals surface area contributed by atoms with Gasteiger partial charge in [-0.2, -0.15) is 0 Å². The first-order valence-corrected chi connectivity index (χ1v) is 13.2. The molecule has 10 nitrogen and oxygen atoms in total. The highest BCUT2D eigenvalue weighted by molar-refractivity contribution is 5.95. The van der Waals surface area contributed by atoms with Crippen LogP contribution >= 0.6 is 0 Å². The maximum absolute atomic E-state index is 14.6. The maximum atomic E-state index is 14.6. The van der Waals surface area contributed by atoms with Gasteiger partial charge >= 0.3 is 0 Å². The monoisotopic (exact) mass is 593 g/mol. The number of amides is 4. The van der Waals surface area contributed by atoms with Gasteiger partial charge in [0.25, 0.3) is 11.8 Å². The van der Waals surface area contributed by atoms with Gasteiger partial charge in [0.2, 0.25) is 23.6 Å². The summed E-state index contributed by atoms with van der Waals surface area (Å²) >= 11 is 0. The molecule has 0 aliphatic carbocycles. The fourth-order valence-electron chi connectivity index (χ4n) is 5.29. The predicted molar refractivity (Wildman–Crippen MR) is 141 cm³/mol. The number of carbonyl (C=O) groups excluding carboxylic acids is 4. The molecular formula is C28H31F4N5O5. The number of nitrogens with one attached hydrogen (secondary N) is 1. The third-order valence-electron chi connectivity index (χ3n) is 7.34. The molecule has 0 bridgehead atoms. The number of halogens is 4. The predicted octanol–water partition coefficient (Wildman–Crippen LogP) is 0.947. The average molecular weight is 594 g/mol. The summed E-state index contributed by atoms with van der Waals surface area (Å²) in [5, 5.41) is 11.8. The minimum absolute atomic E-state index is 0.0195. The fourth-order valence-corrected chi connectivity index (χ4v) is 5.29. The van der Waals surface area contributed by atoms with E-state index in [9.17, 15) is 41.8 Å². The van der Waals surface area contributed by atoms with Crippen LogP contribution in [0.4, 0.5) is 17.6 Å². The highest BCUT2D eigenvalue weighted by atomic mass is 19.3. The van der Waals surface area contributed by atoms with Crippen molar-refractivity contribution in [2.24, 2.45) is 11.5 Å². The SMILES string of the molecule is NC(=O)[C@@H]1CC(F)(F)CN1C(=O)[C@H](Cc1ccccc1)NC(=O)[C@@H]1CC(F)(F)CN1C(=O)[C@@H](N)Cc1ccc(O)cc1. The van der Waals surface area contributed by atoms with Crippen molar-refractivity contribution in [1.29, 1.82) is 0 Å². The molecule has 4 amide bonds. The van der Waals surface area contributed by atoms with Crippen LogP contribution in [-0.2, 0) is 32.0 Å². The van der Waals surface area contributed by atoms with Crippen LogP contribution in [0.3, 0.4) is 0 Å². The molecule has 14 heteroatoms. The Kier molecular flexibility index (Phi) is 8.76. The summed E-state index contributed by atoms with van der Waals surface area (Å²) in [5.41, 5.74) is 12.3. The van der Waals surface area contributed by atoms with E-state index in [-0.39, 0.29) is 18.6 Å². The Morgan fingerprint density at radius 1 is 0.833 bits per heavy atom. The number of hydrogen-bond donors (Lipinski definition) is 4. The molecule has 0 spiro atoms. The smallest absolute Gasteiger partial charge is 0.267 e. The molecular weight excluding hydrogens is 562 g/mol. The van der Waals surface area contributed by atoms with Crippen molar-refractivity contribution in [2.75, 3.05) is 13.1 Å². The third-order valence-corrected chi connectivity index (χ3v) is 7.34. The molecule has 0 radical (unpaired) electrons. The standard InChI is InChI=1S/C28H31F4N5O5/c29-27(30)12-21(23(34)39)36(14-27)26(42)20(11-16-4-2-1-3-5-16)35-24(40)22-13-28(31,32)15-37(22)25(41)19(33)10-17-6-8-18(38)9-7-17/h1-9,19-22,38H,10-15,33H2,(H2,34,39)(H,35,40)/t19-,20-,21-,22-/m0/s1. The molecule has 4 atom stereocenters. The summed E-state index contributed by atoms with van der Waals surface area (Å²) in [6.07, 6.45) is -2.32. The number of rotatable bonds is 9. The minimum Gasteiger partial charge on any atom is -0.508 e. The highest BCUT2D eigenvalue weighted by Crippen LogP contribution is 2.34. The van der Waals surface area contributed by atoms with Gasteiger partial charge in [0.1, 0.15) is 23.9 Å². The van der Waals surface area contributed by atoms with Gasteiger partial charge in [-0.1, -0.05) is 42.5 Å². The largest absolute Gasteiger partial charge is 0.508 e. The van der Waals surface area contributed by atoms with E-state index >= 15 is 0 Å². The van der Waals surface area contributed by atoms with Crippen LogP contribution in [-0.4, -0.2) is 87.6 Å². The molecule has 4 rings (SSSR count). The van der Waals surface area contributed by atoms with Crippen molar-refractivity contribution in [3.63, 3.8) is 0 Å². The lowest BCUT2D eigenvalue weighted by atomic mass is 10.0. The van der Waals surface area contributed by atoms with Crippen LogP contribution in [0.2, 0.25) is 0 Å². The second kappa shape index (κ2) is 12.0. The summed E-state index contributed by atoms with van der Waals surface area (Å²) in [6.45, 7) is -2.20. The van der Waals surface area contributed by atoms with Crippen molar-refractivity contribution in [2.45, 2.75) is 61.7 Å². The van der Waals surface area contributed by atoms with Gasteiger partial charge in [-0.05, 0) is 29.7 Å². The Morgan fingerprint density at radius 3 is 1.93 bits per heavy atom. The summed E-state index contributed by atoms with van der Waals surface area (Å²) in [7, 11) is 0. The number of nitrogens with zero attached hydrogens (tertiary/aromatic N) is 2. The summed E-state index contributed by atoms with van der Waals surface area (Å²) in [6, 6.07) is 7.77. The summed E-state index contributed by atoms with van der Waals surface area (Å²) in [5.74, 6) is -11.1. The molecule has 226 valence electrons. The van der Waals surface area contributed by atoms with Gasteiger partial charge in [0.05, 0.1) is 19.1 Å². The molecule has 0 saturated carbocycles. The van der Waals surface area contributed by atoms with Gasteiger partial charge in [-0.15, -0.1) is 0 Å². The van der Waals surface area contributed by atoms with E-state index in [2.05, 4.69) is 5.32 Å². The Hall–Kier alpha value is -4.20. The van der Waals surface area contributed by atoms with Crippen LogP contribution in [0.25, 0.3) is 0 Å². The summed E-state index contributed by atoms with van der Waals surface area (Å²) in [4.78, 5) is 53.2. The lowest BCUT2D eigenvalue weighted by molar-refractivity contribution is -0.143. The van der Waals surface area contributed by atoms with E-state index in [1.54, 1.807) is 30.3 Å². The first-order chi connectivity index (χ1) is 19.7. The Labute approximate surface area is 238 Å². The van der Waals surface area contributed by atoms with Gasteiger partial charge in [0.15, 0.2) is 0 Å². The zero-order chi connectivity index (χ0) is 30.8. The van der Waals surface area contributed by atoms with Crippen LogP contribution in [0.1, 0.15) is 24.0 Å². The normalized spacial score (nSPS) is 22.4. The Bertz CT molecular complexity index is 1330. The maximum Gasteiger partial charge on any atom is 0.267 e. The molecule has 2 aliphatic heterocycles. The molecule has 2 aliphatic rings. The van der Waals surface area contributed by atoms with Gasteiger partial charge in [0, 0.05) is 19.3 Å². The van der Waals surface area contributed by atoms with Crippen molar-refractivity contribution in [3.05, 3.63) is 65.7 Å². The van der Waals surface area contributed by atoms with Crippen molar-refractivity contribution >= 4 is 23.6 Å². The first-order valence-electron chi connectivity index (χ1n) is 13.2. The molecule has 2 fully saturated rings. The molecule has 2 aromatic carbocycles.